The minimum atomic E-state index is -4.36. The zero-order valence-electron chi connectivity index (χ0n) is 19.6. The SMILES string of the molecule is COc1nc(NC[C@H]2CCC[C@@H](c3ccc(C(F)(F)F)cc3)O2)cc(C(=O)N2CCC(N)CC2)n1. The Balaban J connectivity index is 1.38. The summed E-state index contributed by atoms with van der Waals surface area (Å²) in [5.41, 5.74) is 6.22. The Hall–Kier alpha value is -2.92. The molecule has 0 bridgehead atoms. The van der Waals surface area contributed by atoms with Crippen LogP contribution in [0.5, 0.6) is 6.01 Å². The monoisotopic (exact) mass is 493 g/mol. The van der Waals surface area contributed by atoms with Gasteiger partial charge < -0.3 is 25.4 Å². The van der Waals surface area contributed by atoms with E-state index in [0.717, 1.165) is 49.8 Å². The number of anilines is 1. The van der Waals surface area contributed by atoms with Crippen molar-refractivity contribution in [3.63, 3.8) is 0 Å². The Labute approximate surface area is 202 Å². The first-order chi connectivity index (χ1) is 16.7. The van der Waals surface area contributed by atoms with Crippen LogP contribution >= 0.6 is 0 Å². The molecule has 190 valence electrons. The summed E-state index contributed by atoms with van der Waals surface area (Å²) >= 11 is 0. The molecule has 2 aliphatic heterocycles. The second kappa shape index (κ2) is 10.8. The van der Waals surface area contributed by atoms with E-state index in [0.29, 0.717) is 25.5 Å². The van der Waals surface area contributed by atoms with Crippen LogP contribution < -0.4 is 15.8 Å². The first-order valence-corrected chi connectivity index (χ1v) is 11.8. The largest absolute Gasteiger partial charge is 0.467 e. The highest BCUT2D eigenvalue weighted by atomic mass is 19.4. The van der Waals surface area contributed by atoms with Crippen molar-refractivity contribution in [1.82, 2.24) is 14.9 Å². The molecule has 0 aliphatic carbocycles. The van der Waals surface area contributed by atoms with Gasteiger partial charge in [0.25, 0.3) is 5.91 Å². The molecule has 1 aromatic carbocycles. The van der Waals surface area contributed by atoms with Crippen molar-refractivity contribution in [3.8, 4) is 6.01 Å². The number of carbonyl (C=O) groups is 1. The van der Waals surface area contributed by atoms with Crippen molar-refractivity contribution >= 4 is 11.7 Å². The van der Waals surface area contributed by atoms with Gasteiger partial charge in [0, 0.05) is 31.7 Å². The lowest BCUT2D eigenvalue weighted by atomic mass is 9.97. The molecule has 11 heteroatoms. The van der Waals surface area contributed by atoms with E-state index in [1.165, 1.54) is 19.2 Å². The topological polar surface area (TPSA) is 103 Å². The van der Waals surface area contributed by atoms with E-state index < -0.39 is 11.7 Å². The van der Waals surface area contributed by atoms with Crippen molar-refractivity contribution in [1.29, 1.82) is 0 Å². The van der Waals surface area contributed by atoms with Gasteiger partial charge in [-0.25, -0.2) is 0 Å². The number of nitrogens with zero attached hydrogens (tertiary/aromatic N) is 3. The number of amides is 1. The van der Waals surface area contributed by atoms with Crippen LogP contribution in [0.3, 0.4) is 0 Å². The normalized spacial score (nSPS) is 21.6. The van der Waals surface area contributed by atoms with Gasteiger partial charge in [-0.05, 0) is 49.8 Å². The first kappa shape index (κ1) is 25.2. The van der Waals surface area contributed by atoms with Crippen LogP contribution in [0, 0.1) is 0 Å². The molecule has 35 heavy (non-hydrogen) atoms. The van der Waals surface area contributed by atoms with Crippen LogP contribution in [0.4, 0.5) is 19.0 Å². The summed E-state index contributed by atoms with van der Waals surface area (Å²) < 4.78 is 49.9. The van der Waals surface area contributed by atoms with Gasteiger partial charge in [0.05, 0.1) is 24.9 Å². The molecule has 2 aromatic rings. The molecule has 0 radical (unpaired) electrons. The molecule has 4 rings (SSSR count). The average Bonchev–Trinajstić information content (AvgIpc) is 2.87. The van der Waals surface area contributed by atoms with Crippen molar-refractivity contribution in [2.75, 3.05) is 32.1 Å². The van der Waals surface area contributed by atoms with Crippen molar-refractivity contribution in [2.45, 2.75) is 56.5 Å². The molecule has 1 amide bonds. The van der Waals surface area contributed by atoms with Gasteiger partial charge in [0.2, 0.25) is 0 Å². The number of halogens is 3. The molecule has 0 spiro atoms. The molecule has 8 nitrogen and oxygen atoms in total. The molecule has 1 aromatic heterocycles. The molecule has 2 fully saturated rings. The van der Waals surface area contributed by atoms with E-state index in [1.807, 2.05) is 0 Å². The predicted octanol–water partition coefficient (Wildman–Crippen LogP) is 3.79. The lowest BCUT2D eigenvalue weighted by Gasteiger charge is -2.31. The van der Waals surface area contributed by atoms with E-state index in [2.05, 4.69) is 15.3 Å². The molecule has 0 unspecified atom stereocenters. The predicted molar refractivity (Wildman–Crippen MR) is 123 cm³/mol. The molecule has 3 N–H and O–H groups in total. The van der Waals surface area contributed by atoms with E-state index in [1.54, 1.807) is 11.0 Å². The minimum absolute atomic E-state index is 0.0826. The molecular formula is C24H30F3N5O3. The summed E-state index contributed by atoms with van der Waals surface area (Å²) in [7, 11) is 1.44. The molecule has 0 saturated carbocycles. The fourth-order valence-electron chi connectivity index (χ4n) is 4.38. The number of ether oxygens (including phenoxy) is 2. The van der Waals surface area contributed by atoms with Crippen LogP contribution in [-0.2, 0) is 10.9 Å². The molecule has 2 atom stereocenters. The lowest BCUT2D eigenvalue weighted by Crippen LogP contribution is -2.43. The number of rotatable bonds is 6. The average molecular weight is 494 g/mol. The number of methoxy groups -OCH3 is 1. The van der Waals surface area contributed by atoms with Crippen molar-refractivity contribution in [2.24, 2.45) is 5.73 Å². The Morgan fingerprint density at radius 3 is 2.54 bits per heavy atom. The number of benzene rings is 1. The van der Waals surface area contributed by atoms with Crippen LogP contribution in [-0.4, -0.2) is 59.7 Å². The second-order valence-electron chi connectivity index (χ2n) is 8.93. The fourth-order valence-corrected chi connectivity index (χ4v) is 4.38. The standard InChI is InChI=1S/C24H30F3N5O3/c1-34-23-30-19(22(33)32-11-9-17(28)10-12-32)13-21(31-23)29-14-18-3-2-4-20(35-18)15-5-7-16(8-6-15)24(25,26)27/h5-8,13,17-18,20H,2-4,9-12,14,28H2,1H3,(H,29,30,31)/t18-,20+/m1/s1. The molecule has 2 saturated heterocycles. The number of likely N-dealkylation sites (tertiary alicyclic amines) is 1. The molecular weight excluding hydrogens is 463 g/mol. The van der Waals surface area contributed by atoms with Gasteiger partial charge in [0.1, 0.15) is 11.5 Å². The van der Waals surface area contributed by atoms with Gasteiger partial charge >= 0.3 is 12.2 Å². The summed E-state index contributed by atoms with van der Waals surface area (Å²) in [6.45, 7) is 1.58. The third-order valence-electron chi connectivity index (χ3n) is 6.40. The smallest absolute Gasteiger partial charge is 0.416 e. The third-order valence-corrected chi connectivity index (χ3v) is 6.40. The zero-order chi connectivity index (χ0) is 25.0. The number of nitrogens with two attached hydrogens (primary N) is 1. The number of alkyl halides is 3. The van der Waals surface area contributed by atoms with E-state index >= 15 is 0 Å². The van der Waals surface area contributed by atoms with Gasteiger partial charge in [-0.15, -0.1) is 0 Å². The number of hydrogen-bond donors (Lipinski definition) is 2. The zero-order valence-corrected chi connectivity index (χ0v) is 19.6. The number of carbonyl (C=O) groups excluding carboxylic acids is 1. The summed E-state index contributed by atoms with van der Waals surface area (Å²) in [6.07, 6.45) is -0.895. The maximum atomic E-state index is 12.9. The Bertz CT molecular complexity index is 1010. The van der Waals surface area contributed by atoms with Crippen molar-refractivity contribution < 1.29 is 27.4 Å². The van der Waals surface area contributed by atoms with E-state index in [4.69, 9.17) is 15.2 Å². The lowest BCUT2D eigenvalue weighted by molar-refractivity contribution is -0.137. The number of hydrogen-bond acceptors (Lipinski definition) is 7. The Kier molecular flexibility index (Phi) is 7.75. The highest BCUT2D eigenvalue weighted by Crippen LogP contribution is 2.34. The minimum Gasteiger partial charge on any atom is -0.467 e. The summed E-state index contributed by atoms with van der Waals surface area (Å²) in [4.78, 5) is 23.2. The molecule has 3 heterocycles. The highest BCUT2D eigenvalue weighted by Gasteiger charge is 2.31. The number of piperidine rings is 1. The van der Waals surface area contributed by atoms with Crippen LogP contribution in [0.15, 0.2) is 30.3 Å². The number of aromatic nitrogens is 2. The Morgan fingerprint density at radius 2 is 1.89 bits per heavy atom. The van der Waals surface area contributed by atoms with Gasteiger partial charge in [-0.1, -0.05) is 12.1 Å². The highest BCUT2D eigenvalue weighted by molar-refractivity contribution is 5.93. The molecule has 2 aliphatic rings. The van der Waals surface area contributed by atoms with Crippen LogP contribution in [0.1, 0.15) is 59.8 Å². The fraction of sp³-hybridized carbons (Fsp3) is 0.542. The van der Waals surface area contributed by atoms with Crippen molar-refractivity contribution in [3.05, 3.63) is 47.2 Å². The van der Waals surface area contributed by atoms with Gasteiger partial charge in [-0.3, -0.25) is 4.79 Å². The quantitative estimate of drug-likeness (QED) is 0.631. The summed E-state index contributed by atoms with van der Waals surface area (Å²) in [5.74, 6) is 0.242. The van der Waals surface area contributed by atoms with Gasteiger partial charge in [-0.2, -0.15) is 23.1 Å². The van der Waals surface area contributed by atoms with Gasteiger partial charge in [0.15, 0.2) is 0 Å². The summed E-state index contributed by atoms with van der Waals surface area (Å²) in [6, 6.07) is 6.91. The first-order valence-electron chi connectivity index (χ1n) is 11.8. The second-order valence-corrected chi connectivity index (χ2v) is 8.93. The maximum Gasteiger partial charge on any atom is 0.416 e. The maximum absolute atomic E-state index is 12.9. The van der Waals surface area contributed by atoms with E-state index in [9.17, 15) is 18.0 Å². The third kappa shape index (κ3) is 6.40. The Morgan fingerprint density at radius 1 is 1.17 bits per heavy atom. The van der Waals surface area contributed by atoms with Crippen LogP contribution in [0.2, 0.25) is 0 Å². The van der Waals surface area contributed by atoms with Crippen LogP contribution in [0.25, 0.3) is 0 Å². The van der Waals surface area contributed by atoms with E-state index in [-0.39, 0.29) is 35.9 Å². The summed E-state index contributed by atoms with van der Waals surface area (Å²) in [5, 5.41) is 3.20. The number of nitrogens with one attached hydrogen (secondary N) is 1.